The van der Waals surface area contributed by atoms with Gasteiger partial charge in [0.05, 0.1) is 17.0 Å². The Kier molecular flexibility index (Phi) is 4.08. The number of aromatic nitrogens is 1. The Morgan fingerprint density at radius 1 is 1.45 bits per heavy atom. The van der Waals surface area contributed by atoms with Crippen molar-refractivity contribution in [3.63, 3.8) is 0 Å². The first kappa shape index (κ1) is 14.5. The van der Waals surface area contributed by atoms with Crippen LogP contribution in [0.3, 0.4) is 0 Å². The van der Waals surface area contributed by atoms with E-state index >= 15 is 0 Å². The van der Waals surface area contributed by atoms with Gasteiger partial charge >= 0.3 is 0 Å². The molecule has 0 saturated heterocycles. The summed E-state index contributed by atoms with van der Waals surface area (Å²) < 4.78 is 36.0. The van der Waals surface area contributed by atoms with Crippen LogP contribution in [-0.4, -0.2) is 32.0 Å². The summed E-state index contributed by atoms with van der Waals surface area (Å²) in [6, 6.07) is 4.73. The van der Waals surface area contributed by atoms with E-state index in [9.17, 15) is 12.8 Å². The van der Waals surface area contributed by atoms with Gasteiger partial charge in [-0.2, -0.15) is 0 Å². The third-order valence-electron chi connectivity index (χ3n) is 2.87. The van der Waals surface area contributed by atoms with Crippen LogP contribution in [0.15, 0.2) is 24.4 Å². The first-order valence-electron chi connectivity index (χ1n) is 6.13. The van der Waals surface area contributed by atoms with Gasteiger partial charge in [0.2, 0.25) is 0 Å². The Morgan fingerprint density at radius 3 is 2.90 bits per heavy atom. The van der Waals surface area contributed by atoms with Gasteiger partial charge in [-0.05, 0) is 24.6 Å². The SMILES string of the molecule is CS(=O)(=O)CCCNc1c(F)cc(N)c2cccnc12. The third kappa shape index (κ3) is 3.36. The largest absolute Gasteiger partial charge is 0.398 e. The zero-order valence-electron chi connectivity index (χ0n) is 11.1. The van der Waals surface area contributed by atoms with Crippen LogP contribution in [0.1, 0.15) is 6.42 Å². The number of fused-ring (bicyclic) bond motifs is 1. The fraction of sp³-hybridized carbons (Fsp3) is 0.308. The van der Waals surface area contributed by atoms with Gasteiger partial charge < -0.3 is 11.1 Å². The molecule has 2 aromatic rings. The van der Waals surface area contributed by atoms with E-state index in [1.54, 1.807) is 18.3 Å². The molecule has 0 aliphatic heterocycles. The molecule has 0 unspecified atom stereocenters. The van der Waals surface area contributed by atoms with Gasteiger partial charge in [-0.3, -0.25) is 4.98 Å². The van der Waals surface area contributed by atoms with Gasteiger partial charge in [-0.15, -0.1) is 0 Å². The number of rotatable bonds is 5. The van der Waals surface area contributed by atoms with E-state index in [0.29, 0.717) is 29.6 Å². The first-order chi connectivity index (χ1) is 9.38. The zero-order chi connectivity index (χ0) is 14.8. The highest BCUT2D eigenvalue weighted by molar-refractivity contribution is 7.90. The Bertz CT molecular complexity index is 732. The van der Waals surface area contributed by atoms with Crippen molar-refractivity contribution in [3.8, 4) is 0 Å². The van der Waals surface area contributed by atoms with E-state index < -0.39 is 15.7 Å². The molecule has 108 valence electrons. The molecule has 0 atom stereocenters. The molecule has 7 heteroatoms. The molecule has 0 fully saturated rings. The van der Waals surface area contributed by atoms with E-state index in [1.165, 1.54) is 12.3 Å². The van der Waals surface area contributed by atoms with E-state index in [1.807, 2.05) is 0 Å². The lowest BCUT2D eigenvalue weighted by Crippen LogP contribution is -2.11. The number of sulfone groups is 1. The second kappa shape index (κ2) is 5.62. The van der Waals surface area contributed by atoms with Gasteiger partial charge in [0, 0.05) is 30.1 Å². The molecule has 2 rings (SSSR count). The van der Waals surface area contributed by atoms with Crippen molar-refractivity contribution in [2.75, 3.05) is 29.6 Å². The summed E-state index contributed by atoms with van der Waals surface area (Å²) >= 11 is 0. The van der Waals surface area contributed by atoms with Crippen molar-refractivity contribution in [1.82, 2.24) is 4.98 Å². The number of nitrogens with one attached hydrogen (secondary N) is 1. The highest BCUT2D eigenvalue weighted by Gasteiger charge is 2.11. The average Bonchev–Trinajstić information content (AvgIpc) is 2.36. The number of pyridine rings is 1. The first-order valence-corrected chi connectivity index (χ1v) is 8.19. The minimum Gasteiger partial charge on any atom is -0.398 e. The van der Waals surface area contributed by atoms with Crippen molar-refractivity contribution in [2.24, 2.45) is 0 Å². The van der Waals surface area contributed by atoms with Crippen molar-refractivity contribution >= 4 is 32.1 Å². The molecule has 5 nitrogen and oxygen atoms in total. The predicted molar refractivity (Wildman–Crippen MR) is 78.9 cm³/mol. The van der Waals surface area contributed by atoms with Crippen molar-refractivity contribution < 1.29 is 12.8 Å². The lowest BCUT2D eigenvalue weighted by molar-refractivity contribution is 0.600. The predicted octanol–water partition coefficient (Wildman–Crippen LogP) is 1.80. The Balaban J connectivity index is 2.22. The van der Waals surface area contributed by atoms with E-state index in [-0.39, 0.29) is 11.4 Å². The lowest BCUT2D eigenvalue weighted by atomic mass is 10.1. The normalized spacial score (nSPS) is 11.7. The van der Waals surface area contributed by atoms with E-state index in [4.69, 9.17) is 5.73 Å². The topological polar surface area (TPSA) is 85.1 Å². The highest BCUT2D eigenvalue weighted by atomic mass is 32.2. The molecule has 3 N–H and O–H groups in total. The van der Waals surface area contributed by atoms with Gasteiger partial charge in [0.25, 0.3) is 0 Å². The summed E-state index contributed by atoms with van der Waals surface area (Å²) in [6.07, 6.45) is 3.13. The summed E-state index contributed by atoms with van der Waals surface area (Å²) in [5.41, 5.74) is 6.78. The second-order valence-electron chi connectivity index (χ2n) is 4.63. The third-order valence-corrected chi connectivity index (χ3v) is 3.90. The Hall–Kier alpha value is -1.89. The fourth-order valence-corrected chi connectivity index (χ4v) is 2.62. The molecule has 1 aromatic carbocycles. The minimum atomic E-state index is -3.01. The average molecular weight is 297 g/mol. The molecular formula is C13H16FN3O2S. The monoisotopic (exact) mass is 297 g/mol. The van der Waals surface area contributed by atoms with E-state index in [2.05, 4.69) is 10.3 Å². The molecule has 0 spiro atoms. The second-order valence-corrected chi connectivity index (χ2v) is 6.89. The number of anilines is 2. The standard InChI is InChI=1S/C13H16FN3O2S/c1-20(18,19)7-3-6-17-13-10(14)8-11(15)9-4-2-5-16-12(9)13/h2,4-5,8,17H,3,6-7,15H2,1H3. The van der Waals surface area contributed by atoms with Crippen LogP contribution in [-0.2, 0) is 9.84 Å². The van der Waals surface area contributed by atoms with Gasteiger partial charge in [0.15, 0.2) is 5.82 Å². The lowest BCUT2D eigenvalue weighted by Gasteiger charge is -2.11. The van der Waals surface area contributed by atoms with Crippen LogP contribution in [0.5, 0.6) is 0 Å². The van der Waals surface area contributed by atoms with Gasteiger partial charge in [-0.1, -0.05) is 0 Å². The van der Waals surface area contributed by atoms with Crippen LogP contribution in [0.4, 0.5) is 15.8 Å². The minimum absolute atomic E-state index is 0.0575. The number of nitrogens with two attached hydrogens (primary N) is 1. The Morgan fingerprint density at radius 2 is 2.20 bits per heavy atom. The van der Waals surface area contributed by atoms with Crippen LogP contribution < -0.4 is 11.1 Å². The smallest absolute Gasteiger partial charge is 0.150 e. The summed E-state index contributed by atoms with van der Waals surface area (Å²) in [6.45, 7) is 0.347. The Labute approximate surface area is 116 Å². The number of nitrogens with zero attached hydrogens (tertiary/aromatic N) is 1. The summed E-state index contributed by atoms with van der Waals surface area (Å²) in [5.74, 6) is -0.435. The summed E-state index contributed by atoms with van der Waals surface area (Å²) in [5, 5.41) is 3.56. The number of nitrogen functional groups attached to an aromatic ring is 1. The van der Waals surface area contributed by atoms with Gasteiger partial charge in [0.1, 0.15) is 9.84 Å². The van der Waals surface area contributed by atoms with Crippen LogP contribution in [0.25, 0.3) is 10.9 Å². The molecule has 0 bridgehead atoms. The molecule has 0 amide bonds. The molecule has 0 saturated carbocycles. The molecular weight excluding hydrogens is 281 g/mol. The van der Waals surface area contributed by atoms with Crippen molar-refractivity contribution in [3.05, 3.63) is 30.2 Å². The molecule has 0 radical (unpaired) electrons. The van der Waals surface area contributed by atoms with Crippen molar-refractivity contribution in [1.29, 1.82) is 0 Å². The van der Waals surface area contributed by atoms with E-state index in [0.717, 1.165) is 0 Å². The molecule has 20 heavy (non-hydrogen) atoms. The summed E-state index contributed by atoms with van der Waals surface area (Å²) in [4.78, 5) is 4.13. The van der Waals surface area contributed by atoms with Crippen LogP contribution in [0.2, 0.25) is 0 Å². The molecule has 1 aromatic heterocycles. The molecule has 0 aliphatic rings. The maximum Gasteiger partial charge on any atom is 0.150 e. The maximum absolute atomic E-state index is 13.9. The van der Waals surface area contributed by atoms with Crippen molar-refractivity contribution in [2.45, 2.75) is 6.42 Å². The highest BCUT2D eigenvalue weighted by Crippen LogP contribution is 2.29. The summed E-state index contributed by atoms with van der Waals surface area (Å²) in [7, 11) is -3.01. The number of benzene rings is 1. The maximum atomic E-state index is 13.9. The van der Waals surface area contributed by atoms with Crippen LogP contribution >= 0.6 is 0 Å². The number of halogens is 1. The molecule has 0 aliphatic carbocycles. The number of hydrogen-bond acceptors (Lipinski definition) is 5. The zero-order valence-corrected chi connectivity index (χ0v) is 11.9. The van der Waals surface area contributed by atoms with Crippen LogP contribution in [0, 0.1) is 5.82 Å². The molecule has 1 heterocycles. The van der Waals surface area contributed by atoms with Gasteiger partial charge in [-0.25, -0.2) is 12.8 Å². The quantitative estimate of drug-likeness (QED) is 0.649. The fourth-order valence-electron chi connectivity index (χ4n) is 1.95. The number of hydrogen-bond donors (Lipinski definition) is 2.